The van der Waals surface area contributed by atoms with Crippen LogP contribution in [0.5, 0.6) is 0 Å². The van der Waals surface area contributed by atoms with Gasteiger partial charge in [0.2, 0.25) is 5.91 Å². The number of guanidine groups is 1. The quantitative estimate of drug-likeness (QED) is 0.218. The summed E-state index contributed by atoms with van der Waals surface area (Å²) in [4.78, 5) is 21.3. The normalized spacial score (nSPS) is 22.0. The first-order valence-electron chi connectivity index (χ1n) is 11.0. The van der Waals surface area contributed by atoms with E-state index in [1.54, 1.807) is 4.90 Å². The number of likely N-dealkylation sites (tertiary alicyclic amines) is 1. The third kappa shape index (κ3) is 7.35. The lowest BCUT2D eigenvalue weighted by molar-refractivity contribution is -0.133. The first-order valence-corrected chi connectivity index (χ1v) is 11.0. The van der Waals surface area contributed by atoms with Crippen LogP contribution in [0.4, 0.5) is 0 Å². The number of amides is 1. The van der Waals surface area contributed by atoms with Crippen molar-refractivity contribution in [1.82, 2.24) is 20.4 Å². The number of carbonyl (C=O) groups is 1. The predicted octanol–water partition coefficient (Wildman–Crippen LogP) is 3.07. The largest absolute Gasteiger partial charge is 0.357 e. The van der Waals surface area contributed by atoms with Crippen LogP contribution >= 0.6 is 24.0 Å². The smallest absolute Gasteiger partial charge is 0.239 e. The van der Waals surface area contributed by atoms with Gasteiger partial charge >= 0.3 is 0 Å². The molecule has 1 unspecified atom stereocenters. The Morgan fingerprint density at radius 2 is 1.89 bits per heavy atom. The Morgan fingerprint density at radius 3 is 2.50 bits per heavy atom. The molecule has 0 radical (unpaired) electrons. The summed E-state index contributed by atoms with van der Waals surface area (Å²) in [5, 5.41) is 6.88. The third-order valence-corrected chi connectivity index (χ3v) is 6.34. The zero-order chi connectivity index (χ0) is 19.7. The van der Waals surface area contributed by atoms with Crippen LogP contribution in [-0.2, 0) is 4.79 Å². The highest BCUT2D eigenvalue weighted by atomic mass is 127. The summed E-state index contributed by atoms with van der Waals surface area (Å²) in [7, 11) is 3.71. The van der Waals surface area contributed by atoms with Crippen molar-refractivity contribution in [3.63, 3.8) is 0 Å². The van der Waals surface area contributed by atoms with Crippen LogP contribution in [0.2, 0.25) is 0 Å². The molecular formula is C21H42IN5O. The van der Waals surface area contributed by atoms with Gasteiger partial charge in [-0.15, -0.1) is 24.0 Å². The molecule has 2 fully saturated rings. The number of carbonyl (C=O) groups excluding carboxylic acids is 1. The van der Waals surface area contributed by atoms with Gasteiger partial charge in [0.25, 0.3) is 0 Å². The fraction of sp³-hybridized carbons (Fsp3) is 0.905. The molecule has 1 heterocycles. The Bertz CT molecular complexity index is 491. The molecule has 1 amide bonds. The van der Waals surface area contributed by atoms with Gasteiger partial charge in [0, 0.05) is 40.3 Å². The Morgan fingerprint density at radius 1 is 1.18 bits per heavy atom. The molecule has 1 saturated heterocycles. The molecule has 2 aliphatic rings. The van der Waals surface area contributed by atoms with Gasteiger partial charge in [-0.1, -0.05) is 19.8 Å². The summed E-state index contributed by atoms with van der Waals surface area (Å²) in [5.41, 5.74) is 0.428. The van der Waals surface area contributed by atoms with Crippen LogP contribution in [0.15, 0.2) is 4.99 Å². The molecule has 6 nitrogen and oxygen atoms in total. The molecule has 28 heavy (non-hydrogen) atoms. The van der Waals surface area contributed by atoms with Gasteiger partial charge < -0.3 is 15.5 Å². The van der Waals surface area contributed by atoms with E-state index in [2.05, 4.69) is 29.4 Å². The van der Waals surface area contributed by atoms with E-state index in [-0.39, 0.29) is 35.9 Å². The second-order valence-electron chi connectivity index (χ2n) is 8.46. The highest BCUT2D eigenvalue weighted by molar-refractivity contribution is 14.0. The SMILES string of the molecule is CCNC(=NCC1(CC)CCCC1)NCCCN1CCCC1C(=O)N(C)C.I. The molecular weight excluding hydrogens is 465 g/mol. The van der Waals surface area contributed by atoms with Crippen molar-refractivity contribution in [3.05, 3.63) is 0 Å². The maximum absolute atomic E-state index is 12.3. The number of nitrogens with zero attached hydrogens (tertiary/aromatic N) is 3. The summed E-state index contributed by atoms with van der Waals surface area (Å²) in [6.45, 7) is 9.14. The third-order valence-electron chi connectivity index (χ3n) is 6.34. The number of hydrogen-bond acceptors (Lipinski definition) is 3. The average molecular weight is 508 g/mol. The molecule has 7 heteroatoms. The average Bonchev–Trinajstić information content (AvgIpc) is 3.32. The summed E-state index contributed by atoms with van der Waals surface area (Å²) in [6.07, 6.45) is 9.73. The zero-order valence-electron chi connectivity index (χ0n) is 18.4. The van der Waals surface area contributed by atoms with Crippen molar-refractivity contribution in [3.8, 4) is 0 Å². The lowest BCUT2D eigenvalue weighted by Crippen LogP contribution is -2.44. The van der Waals surface area contributed by atoms with E-state index in [4.69, 9.17) is 4.99 Å². The minimum Gasteiger partial charge on any atom is -0.357 e. The van der Waals surface area contributed by atoms with Crippen molar-refractivity contribution in [2.45, 2.75) is 71.3 Å². The number of nitrogens with one attached hydrogen (secondary N) is 2. The highest BCUT2D eigenvalue weighted by Crippen LogP contribution is 2.41. The number of halogens is 1. The molecule has 1 aliphatic heterocycles. The van der Waals surface area contributed by atoms with Crippen molar-refractivity contribution in [1.29, 1.82) is 0 Å². The molecule has 1 aliphatic carbocycles. The first-order chi connectivity index (χ1) is 13.0. The number of aliphatic imine (C=N–C) groups is 1. The fourth-order valence-corrected chi connectivity index (χ4v) is 4.50. The van der Waals surface area contributed by atoms with Gasteiger partial charge in [0.15, 0.2) is 5.96 Å². The van der Waals surface area contributed by atoms with Crippen LogP contribution in [-0.4, -0.2) is 74.5 Å². The standard InChI is InChI=1S/C21H41N5O.HI/c1-5-21(12-7-8-13-21)17-24-20(22-6-2)23-14-10-16-26-15-9-11-18(26)19(27)25(3)4;/h18H,5-17H2,1-4H3,(H2,22,23,24);1H. The van der Waals surface area contributed by atoms with E-state index in [1.807, 2.05) is 14.1 Å². The molecule has 0 bridgehead atoms. The van der Waals surface area contributed by atoms with E-state index in [9.17, 15) is 4.79 Å². The summed E-state index contributed by atoms with van der Waals surface area (Å²) in [6, 6.07) is 0.0775. The second kappa shape index (κ2) is 12.9. The molecule has 1 saturated carbocycles. The van der Waals surface area contributed by atoms with Crippen molar-refractivity contribution >= 4 is 35.8 Å². The minimum atomic E-state index is 0. The van der Waals surface area contributed by atoms with E-state index < -0.39 is 0 Å². The van der Waals surface area contributed by atoms with Gasteiger partial charge in [-0.25, -0.2) is 0 Å². The Kier molecular flexibility index (Phi) is 11.7. The number of hydrogen-bond donors (Lipinski definition) is 2. The minimum absolute atomic E-state index is 0. The molecule has 2 N–H and O–H groups in total. The lowest BCUT2D eigenvalue weighted by atomic mass is 9.84. The molecule has 164 valence electrons. The Balaban J connectivity index is 0.00000392. The van der Waals surface area contributed by atoms with Crippen LogP contribution in [0.25, 0.3) is 0 Å². The predicted molar refractivity (Wildman–Crippen MR) is 128 cm³/mol. The molecule has 0 spiro atoms. The van der Waals surface area contributed by atoms with Crippen LogP contribution < -0.4 is 10.6 Å². The van der Waals surface area contributed by atoms with Crippen molar-refractivity contribution < 1.29 is 4.79 Å². The van der Waals surface area contributed by atoms with Crippen LogP contribution in [0.1, 0.15) is 65.2 Å². The van der Waals surface area contributed by atoms with Crippen molar-refractivity contribution in [2.24, 2.45) is 10.4 Å². The number of rotatable bonds is 9. The molecule has 1 atom stereocenters. The summed E-state index contributed by atoms with van der Waals surface area (Å²) in [5.74, 6) is 1.19. The van der Waals surface area contributed by atoms with E-state index in [0.29, 0.717) is 5.41 Å². The Hall–Kier alpha value is -0.570. The van der Waals surface area contributed by atoms with Crippen molar-refractivity contribution in [2.75, 3.05) is 46.8 Å². The second-order valence-corrected chi connectivity index (χ2v) is 8.46. The molecule has 0 aromatic heterocycles. The van der Waals surface area contributed by atoms with E-state index in [1.165, 1.54) is 32.1 Å². The zero-order valence-corrected chi connectivity index (χ0v) is 20.8. The fourth-order valence-electron chi connectivity index (χ4n) is 4.50. The van der Waals surface area contributed by atoms with Gasteiger partial charge in [0.05, 0.1) is 6.04 Å². The first kappa shape index (κ1) is 25.5. The lowest BCUT2D eigenvalue weighted by Gasteiger charge is -2.26. The van der Waals surface area contributed by atoms with Crippen LogP contribution in [0, 0.1) is 5.41 Å². The maximum Gasteiger partial charge on any atom is 0.239 e. The van der Waals surface area contributed by atoms with Gasteiger partial charge in [0.1, 0.15) is 0 Å². The summed E-state index contributed by atoms with van der Waals surface area (Å²) < 4.78 is 0. The molecule has 2 rings (SSSR count). The summed E-state index contributed by atoms with van der Waals surface area (Å²) >= 11 is 0. The topological polar surface area (TPSA) is 60.0 Å². The monoisotopic (exact) mass is 507 g/mol. The van der Waals surface area contributed by atoms with Gasteiger partial charge in [-0.3, -0.25) is 14.7 Å². The Labute approximate surface area is 189 Å². The molecule has 0 aromatic rings. The van der Waals surface area contributed by atoms with Gasteiger partial charge in [-0.05, 0) is 57.4 Å². The van der Waals surface area contributed by atoms with Gasteiger partial charge in [-0.2, -0.15) is 0 Å². The maximum atomic E-state index is 12.3. The van der Waals surface area contributed by atoms with Crippen LogP contribution in [0.3, 0.4) is 0 Å². The molecule has 0 aromatic carbocycles. The van der Waals surface area contributed by atoms with E-state index in [0.717, 1.165) is 57.9 Å². The van der Waals surface area contributed by atoms with E-state index >= 15 is 0 Å². The number of likely N-dealkylation sites (N-methyl/N-ethyl adjacent to an activating group) is 1. The highest BCUT2D eigenvalue weighted by Gasteiger charge is 2.32.